The van der Waals surface area contributed by atoms with Gasteiger partial charge in [-0.2, -0.15) is 0 Å². The Labute approximate surface area is 71.0 Å². The topological polar surface area (TPSA) is 52.8 Å². The van der Waals surface area contributed by atoms with Gasteiger partial charge in [0.25, 0.3) is 0 Å². The number of benzene rings is 1. The fraction of sp³-hybridized carbons (Fsp3) is 0.222. The Morgan fingerprint density at radius 2 is 1.92 bits per heavy atom. The first-order valence-electron chi connectivity index (χ1n) is 3.76. The smallest absolute Gasteiger partial charge is 0.115 e. The number of phenols is 1. The summed E-state index contributed by atoms with van der Waals surface area (Å²) >= 11 is 0. The zero-order valence-electron chi connectivity index (χ0n) is 6.64. The van der Waals surface area contributed by atoms with Crippen molar-refractivity contribution in [1.82, 2.24) is 0 Å². The third-order valence-corrected chi connectivity index (χ3v) is 1.58. The first-order chi connectivity index (χ1) is 5.83. The van der Waals surface area contributed by atoms with E-state index in [1.807, 2.05) is 12.1 Å². The number of phenolic OH excluding ortho intramolecular Hbond substituents is 1. The fourth-order valence-corrected chi connectivity index (χ4v) is 0.952. The second kappa shape index (κ2) is 4.38. The molecule has 1 rings (SSSR count). The van der Waals surface area contributed by atoms with E-state index < -0.39 is 0 Å². The van der Waals surface area contributed by atoms with Crippen molar-refractivity contribution in [3.8, 4) is 5.75 Å². The van der Waals surface area contributed by atoms with Gasteiger partial charge in [-0.3, -0.25) is 0 Å². The zero-order valence-corrected chi connectivity index (χ0v) is 6.64. The van der Waals surface area contributed by atoms with Gasteiger partial charge in [0.05, 0.1) is 0 Å². The molecule has 0 spiro atoms. The normalized spacial score (nSPS) is 10.7. The van der Waals surface area contributed by atoms with Crippen LogP contribution in [0.3, 0.4) is 0 Å². The highest BCUT2D eigenvalue weighted by molar-refractivity contribution is 5.56. The molecule has 0 saturated carbocycles. The lowest BCUT2D eigenvalue weighted by Crippen LogP contribution is -1.84. The van der Waals surface area contributed by atoms with Crippen LogP contribution in [0.1, 0.15) is 12.0 Å². The van der Waals surface area contributed by atoms with Crippen molar-refractivity contribution in [2.45, 2.75) is 12.8 Å². The Bertz CT molecular complexity index is 254. The van der Waals surface area contributed by atoms with Crippen LogP contribution in [-0.2, 0) is 6.42 Å². The summed E-state index contributed by atoms with van der Waals surface area (Å²) < 4.78 is 0. The number of oxime groups is 1. The summed E-state index contributed by atoms with van der Waals surface area (Å²) in [4.78, 5) is 0. The predicted molar refractivity (Wildman–Crippen MR) is 46.7 cm³/mol. The van der Waals surface area contributed by atoms with E-state index in [1.54, 1.807) is 12.1 Å². The lowest BCUT2D eigenvalue weighted by Gasteiger charge is -1.96. The van der Waals surface area contributed by atoms with Crippen LogP contribution in [0, 0.1) is 0 Å². The number of aromatic hydroxyl groups is 1. The molecule has 2 N–H and O–H groups in total. The lowest BCUT2D eigenvalue weighted by molar-refractivity contribution is 0.320. The highest BCUT2D eigenvalue weighted by Crippen LogP contribution is 2.10. The summed E-state index contributed by atoms with van der Waals surface area (Å²) in [5.41, 5.74) is 1.12. The van der Waals surface area contributed by atoms with Crippen molar-refractivity contribution >= 4 is 6.21 Å². The van der Waals surface area contributed by atoms with Gasteiger partial charge in [-0.15, -0.1) is 5.16 Å². The molecule has 3 heteroatoms. The highest BCUT2D eigenvalue weighted by Gasteiger charge is 1.91. The van der Waals surface area contributed by atoms with Crippen LogP contribution < -0.4 is 0 Å². The molecule has 0 saturated heterocycles. The van der Waals surface area contributed by atoms with Gasteiger partial charge in [0.1, 0.15) is 5.75 Å². The fourth-order valence-electron chi connectivity index (χ4n) is 0.952. The molecule has 64 valence electrons. The average Bonchev–Trinajstić information content (AvgIpc) is 2.09. The van der Waals surface area contributed by atoms with E-state index >= 15 is 0 Å². The first kappa shape index (κ1) is 8.59. The first-order valence-corrected chi connectivity index (χ1v) is 3.76. The maximum Gasteiger partial charge on any atom is 0.115 e. The van der Waals surface area contributed by atoms with Gasteiger partial charge >= 0.3 is 0 Å². The van der Waals surface area contributed by atoms with Crippen molar-refractivity contribution in [1.29, 1.82) is 0 Å². The Hall–Kier alpha value is -1.51. The SMILES string of the molecule is O/N=C/CCc1ccc(O)cc1. The summed E-state index contributed by atoms with van der Waals surface area (Å²) in [5, 5.41) is 20.0. The number of hydrogen-bond donors (Lipinski definition) is 2. The summed E-state index contributed by atoms with van der Waals surface area (Å²) in [6.45, 7) is 0. The van der Waals surface area contributed by atoms with Crippen molar-refractivity contribution in [2.75, 3.05) is 0 Å². The van der Waals surface area contributed by atoms with Gasteiger partial charge in [-0.05, 0) is 30.5 Å². The number of aryl methyl sites for hydroxylation is 1. The van der Waals surface area contributed by atoms with E-state index in [1.165, 1.54) is 6.21 Å². The predicted octanol–water partition coefficient (Wildman–Crippen LogP) is 1.78. The molecule has 0 aliphatic carbocycles. The molecular formula is C9H11NO2. The molecule has 1 aromatic carbocycles. The largest absolute Gasteiger partial charge is 0.508 e. The quantitative estimate of drug-likeness (QED) is 0.407. The molecule has 0 unspecified atom stereocenters. The third-order valence-electron chi connectivity index (χ3n) is 1.58. The molecule has 3 nitrogen and oxygen atoms in total. The highest BCUT2D eigenvalue weighted by atomic mass is 16.4. The molecular weight excluding hydrogens is 154 g/mol. The van der Waals surface area contributed by atoms with E-state index in [0.717, 1.165) is 12.0 Å². The van der Waals surface area contributed by atoms with E-state index in [2.05, 4.69) is 5.16 Å². The molecule has 0 amide bonds. The van der Waals surface area contributed by atoms with E-state index in [4.69, 9.17) is 10.3 Å². The minimum Gasteiger partial charge on any atom is -0.508 e. The van der Waals surface area contributed by atoms with E-state index in [-0.39, 0.29) is 5.75 Å². The Kier molecular flexibility index (Phi) is 3.14. The second-order valence-corrected chi connectivity index (χ2v) is 2.50. The minimum atomic E-state index is 0.273. The van der Waals surface area contributed by atoms with Crippen LogP contribution in [0.4, 0.5) is 0 Å². The van der Waals surface area contributed by atoms with E-state index in [0.29, 0.717) is 6.42 Å². The molecule has 0 aliphatic rings. The molecule has 0 aliphatic heterocycles. The minimum absolute atomic E-state index is 0.273. The number of rotatable bonds is 3. The maximum absolute atomic E-state index is 8.96. The number of nitrogens with zero attached hydrogens (tertiary/aromatic N) is 1. The zero-order chi connectivity index (χ0) is 8.81. The maximum atomic E-state index is 8.96. The molecule has 0 fully saturated rings. The van der Waals surface area contributed by atoms with Crippen LogP contribution in [-0.4, -0.2) is 16.5 Å². The third kappa shape index (κ3) is 2.62. The molecule has 0 radical (unpaired) electrons. The summed E-state index contributed by atoms with van der Waals surface area (Å²) in [6, 6.07) is 6.98. The van der Waals surface area contributed by atoms with Crippen LogP contribution in [0.25, 0.3) is 0 Å². The number of hydrogen-bond acceptors (Lipinski definition) is 3. The van der Waals surface area contributed by atoms with Crippen molar-refractivity contribution in [3.05, 3.63) is 29.8 Å². The van der Waals surface area contributed by atoms with Crippen LogP contribution in [0.15, 0.2) is 29.4 Å². The van der Waals surface area contributed by atoms with Crippen LogP contribution >= 0.6 is 0 Å². The van der Waals surface area contributed by atoms with Gasteiger partial charge < -0.3 is 10.3 Å². The van der Waals surface area contributed by atoms with Crippen molar-refractivity contribution in [2.24, 2.45) is 5.16 Å². The van der Waals surface area contributed by atoms with E-state index in [9.17, 15) is 0 Å². The summed E-state index contributed by atoms with van der Waals surface area (Å²) in [6.07, 6.45) is 2.98. The molecule has 12 heavy (non-hydrogen) atoms. The standard InChI is InChI=1S/C9H11NO2/c11-9-5-3-8(4-6-9)2-1-7-10-12/h3-7,11-12H,1-2H2/b10-7+. The Morgan fingerprint density at radius 1 is 1.25 bits per heavy atom. The molecule has 0 heterocycles. The average molecular weight is 165 g/mol. The van der Waals surface area contributed by atoms with Gasteiger partial charge in [-0.25, -0.2) is 0 Å². The summed E-state index contributed by atoms with van der Waals surface area (Å²) in [7, 11) is 0. The molecule has 0 atom stereocenters. The van der Waals surface area contributed by atoms with Crippen molar-refractivity contribution < 1.29 is 10.3 Å². The second-order valence-electron chi connectivity index (χ2n) is 2.50. The van der Waals surface area contributed by atoms with Crippen molar-refractivity contribution in [3.63, 3.8) is 0 Å². The van der Waals surface area contributed by atoms with Crippen LogP contribution in [0.5, 0.6) is 5.75 Å². The monoisotopic (exact) mass is 165 g/mol. The molecule has 0 bridgehead atoms. The van der Waals surface area contributed by atoms with Gasteiger partial charge in [-0.1, -0.05) is 12.1 Å². The lowest BCUT2D eigenvalue weighted by atomic mass is 10.1. The molecule has 0 aromatic heterocycles. The molecule has 1 aromatic rings. The Balaban J connectivity index is 2.47. The Morgan fingerprint density at radius 3 is 2.50 bits per heavy atom. The van der Waals surface area contributed by atoms with Gasteiger partial charge in [0, 0.05) is 6.21 Å². The van der Waals surface area contributed by atoms with Gasteiger partial charge in [0.15, 0.2) is 0 Å². The summed E-state index contributed by atoms with van der Waals surface area (Å²) in [5.74, 6) is 0.273. The van der Waals surface area contributed by atoms with Gasteiger partial charge in [0.2, 0.25) is 0 Å². The van der Waals surface area contributed by atoms with Crippen LogP contribution in [0.2, 0.25) is 0 Å².